The second-order valence-electron chi connectivity index (χ2n) is 4.38. The van der Waals surface area contributed by atoms with Gasteiger partial charge in [-0.15, -0.1) is 0 Å². The van der Waals surface area contributed by atoms with Gasteiger partial charge in [-0.1, -0.05) is 0 Å². The van der Waals surface area contributed by atoms with Gasteiger partial charge in [0, 0.05) is 19.7 Å². The van der Waals surface area contributed by atoms with Crippen molar-refractivity contribution in [3.05, 3.63) is 0 Å². The Morgan fingerprint density at radius 3 is 2.88 bits per heavy atom. The Hall–Kier alpha value is -1.14. The largest absolute Gasteiger partial charge is 0.481 e. The topological polar surface area (TPSA) is 76.1 Å². The number of carboxylic acid groups (broad SMARTS) is 1. The maximum Gasteiger partial charge on any atom is 0.306 e. The highest BCUT2D eigenvalue weighted by molar-refractivity contribution is 5.85. The first-order valence-corrected chi connectivity index (χ1v) is 5.90. The van der Waals surface area contributed by atoms with Crippen molar-refractivity contribution in [2.75, 3.05) is 26.3 Å². The lowest BCUT2D eigenvalue weighted by atomic mass is 10.1. The highest BCUT2D eigenvalue weighted by Crippen LogP contribution is 2.17. The van der Waals surface area contributed by atoms with Gasteiger partial charge in [0.1, 0.15) is 6.10 Å². The first-order valence-electron chi connectivity index (χ1n) is 5.90. The summed E-state index contributed by atoms with van der Waals surface area (Å²) < 4.78 is 10.7. The third kappa shape index (κ3) is 3.17. The minimum Gasteiger partial charge on any atom is -0.481 e. The van der Waals surface area contributed by atoms with Crippen LogP contribution in [0.15, 0.2) is 0 Å². The summed E-state index contributed by atoms with van der Waals surface area (Å²) in [6, 6.07) is 0. The molecular weight excluding hydrogens is 226 g/mol. The van der Waals surface area contributed by atoms with Crippen molar-refractivity contribution in [3.8, 4) is 0 Å². The zero-order valence-electron chi connectivity index (χ0n) is 9.63. The van der Waals surface area contributed by atoms with Crippen molar-refractivity contribution >= 4 is 11.9 Å². The van der Waals surface area contributed by atoms with Crippen LogP contribution in [0.5, 0.6) is 0 Å². The average Bonchev–Trinajstić information content (AvgIpc) is 2.76. The van der Waals surface area contributed by atoms with Gasteiger partial charge in [-0.3, -0.25) is 9.59 Å². The summed E-state index contributed by atoms with van der Waals surface area (Å²) in [5.41, 5.74) is 0. The smallest absolute Gasteiger partial charge is 0.306 e. The summed E-state index contributed by atoms with van der Waals surface area (Å²) in [4.78, 5) is 24.2. The highest BCUT2D eigenvalue weighted by atomic mass is 16.5. The minimum atomic E-state index is -1.01. The zero-order valence-corrected chi connectivity index (χ0v) is 9.63. The Labute approximate surface area is 99.5 Å². The molecule has 2 aliphatic rings. The van der Waals surface area contributed by atoms with Gasteiger partial charge < -0.3 is 19.5 Å². The van der Waals surface area contributed by atoms with Crippen LogP contribution < -0.4 is 0 Å². The van der Waals surface area contributed by atoms with Gasteiger partial charge in [-0.25, -0.2) is 0 Å². The second-order valence-corrected chi connectivity index (χ2v) is 4.38. The van der Waals surface area contributed by atoms with Gasteiger partial charge in [0.15, 0.2) is 0 Å². The maximum atomic E-state index is 11.9. The van der Waals surface area contributed by atoms with Crippen molar-refractivity contribution in [3.63, 3.8) is 0 Å². The molecule has 2 rings (SSSR count). The molecule has 0 radical (unpaired) electrons. The van der Waals surface area contributed by atoms with E-state index < -0.39 is 12.1 Å². The maximum absolute atomic E-state index is 11.9. The van der Waals surface area contributed by atoms with Crippen LogP contribution in [0.2, 0.25) is 0 Å². The monoisotopic (exact) mass is 243 g/mol. The molecule has 17 heavy (non-hydrogen) atoms. The fraction of sp³-hybridized carbons (Fsp3) is 0.818. The van der Waals surface area contributed by atoms with Gasteiger partial charge in [0.2, 0.25) is 0 Å². The highest BCUT2D eigenvalue weighted by Gasteiger charge is 2.33. The van der Waals surface area contributed by atoms with Crippen LogP contribution in [0.25, 0.3) is 0 Å². The summed E-state index contributed by atoms with van der Waals surface area (Å²) in [5.74, 6) is -1.24. The number of carbonyl (C=O) groups is 2. The fourth-order valence-corrected chi connectivity index (χ4v) is 2.21. The summed E-state index contributed by atoms with van der Waals surface area (Å²) in [6.07, 6.45) is 1.00. The molecule has 2 fully saturated rings. The van der Waals surface area contributed by atoms with E-state index in [9.17, 15) is 9.59 Å². The average molecular weight is 243 g/mol. The molecule has 2 atom stereocenters. The third-order valence-electron chi connectivity index (χ3n) is 3.08. The van der Waals surface area contributed by atoms with E-state index in [1.165, 1.54) is 0 Å². The first kappa shape index (κ1) is 12.3. The quantitative estimate of drug-likeness (QED) is 0.744. The molecule has 2 heterocycles. The van der Waals surface area contributed by atoms with Crippen LogP contribution >= 0.6 is 0 Å². The number of carbonyl (C=O) groups excluding carboxylic acids is 1. The molecule has 0 aromatic heterocycles. The third-order valence-corrected chi connectivity index (χ3v) is 3.08. The lowest BCUT2D eigenvalue weighted by molar-refractivity contribution is -0.160. The van der Waals surface area contributed by atoms with E-state index in [1.807, 2.05) is 0 Å². The van der Waals surface area contributed by atoms with Crippen LogP contribution in [-0.2, 0) is 19.1 Å². The Kier molecular flexibility index (Phi) is 3.96. The summed E-state index contributed by atoms with van der Waals surface area (Å²) in [6.45, 7) is 2.23. The number of amides is 1. The minimum absolute atomic E-state index is 0.0996. The van der Waals surface area contributed by atoms with E-state index in [-0.39, 0.29) is 18.4 Å². The van der Waals surface area contributed by atoms with E-state index in [1.54, 1.807) is 4.90 Å². The Morgan fingerprint density at radius 2 is 2.24 bits per heavy atom. The number of hydrogen-bond acceptors (Lipinski definition) is 4. The van der Waals surface area contributed by atoms with Crippen molar-refractivity contribution < 1.29 is 24.2 Å². The number of morpholine rings is 1. The molecule has 6 heteroatoms. The summed E-state index contributed by atoms with van der Waals surface area (Å²) in [7, 11) is 0. The SMILES string of the molecule is O=C(O)CC1OCCN(CC2CCCO2)C1=O. The molecule has 2 saturated heterocycles. The molecule has 1 amide bonds. The van der Waals surface area contributed by atoms with Crippen molar-refractivity contribution in [1.29, 1.82) is 0 Å². The molecule has 2 aliphatic heterocycles. The second kappa shape index (κ2) is 5.46. The van der Waals surface area contributed by atoms with E-state index in [2.05, 4.69) is 0 Å². The molecule has 0 aromatic rings. The van der Waals surface area contributed by atoms with Crippen LogP contribution in [0.1, 0.15) is 19.3 Å². The van der Waals surface area contributed by atoms with Gasteiger partial charge in [0.25, 0.3) is 5.91 Å². The molecule has 0 aromatic carbocycles. The van der Waals surface area contributed by atoms with Crippen LogP contribution in [0.3, 0.4) is 0 Å². The Morgan fingerprint density at radius 1 is 1.41 bits per heavy atom. The predicted molar refractivity (Wildman–Crippen MR) is 57.5 cm³/mol. The van der Waals surface area contributed by atoms with Crippen LogP contribution in [-0.4, -0.2) is 60.4 Å². The molecule has 2 unspecified atom stereocenters. The fourth-order valence-electron chi connectivity index (χ4n) is 2.21. The number of ether oxygens (including phenoxy) is 2. The van der Waals surface area contributed by atoms with E-state index in [0.29, 0.717) is 19.7 Å². The molecule has 0 saturated carbocycles. The predicted octanol–water partition coefficient (Wildman–Crippen LogP) is -0.132. The van der Waals surface area contributed by atoms with Gasteiger partial charge in [-0.2, -0.15) is 0 Å². The molecule has 0 aliphatic carbocycles. The number of aliphatic carboxylic acids is 1. The Bertz CT molecular complexity index is 300. The van der Waals surface area contributed by atoms with Gasteiger partial charge in [0.05, 0.1) is 19.1 Å². The normalized spacial score (nSPS) is 29.6. The lowest BCUT2D eigenvalue weighted by Crippen LogP contribution is -2.50. The van der Waals surface area contributed by atoms with Gasteiger partial charge in [-0.05, 0) is 12.8 Å². The number of nitrogens with zero attached hydrogens (tertiary/aromatic N) is 1. The van der Waals surface area contributed by atoms with Crippen LogP contribution in [0, 0.1) is 0 Å². The standard InChI is InChI=1S/C11H17NO5/c13-10(14)6-9-11(15)12(3-5-17-9)7-8-2-1-4-16-8/h8-9H,1-7H2,(H,13,14). The summed E-state index contributed by atoms with van der Waals surface area (Å²) in [5, 5.41) is 8.68. The number of carboxylic acids is 1. The zero-order chi connectivity index (χ0) is 12.3. The van der Waals surface area contributed by atoms with Crippen LogP contribution in [0.4, 0.5) is 0 Å². The summed E-state index contributed by atoms with van der Waals surface area (Å²) >= 11 is 0. The molecule has 0 bridgehead atoms. The Balaban J connectivity index is 1.88. The molecular formula is C11H17NO5. The van der Waals surface area contributed by atoms with Crippen molar-refractivity contribution in [2.24, 2.45) is 0 Å². The van der Waals surface area contributed by atoms with Crippen molar-refractivity contribution in [2.45, 2.75) is 31.5 Å². The van der Waals surface area contributed by atoms with Gasteiger partial charge >= 0.3 is 5.97 Å². The number of hydrogen-bond donors (Lipinski definition) is 1. The lowest BCUT2D eigenvalue weighted by Gasteiger charge is -2.33. The molecule has 1 N–H and O–H groups in total. The van der Waals surface area contributed by atoms with E-state index in [0.717, 1.165) is 19.4 Å². The van der Waals surface area contributed by atoms with E-state index in [4.69, 9.17) is 14.6 Å². The molecule has 6 nitrogen and oxygen atoms in total. The number of rotatable bonds is 4. The molecule has 0 spiro atoms. The molecule has 96 valence electrons. The first-order chi connectivity index (χ1) is 8.16. The van der Waals surface area contributed by atoms with E-state index >= 15 is 0 Å². The van der Waals surface area contributed by atoms with Crippen molar-refractivity contribution in [1.82, 2.24) is 4.90 Å².